The molecule has 2 rings (SSSR count). The highest BCUT2D eigenvalue weighted by atomic mass is 19.1. The van der Waals surface area contributed by atoms with Gasteiger partial charge in [-0.2, -0.15) is 5.10 Å². The second-order valence-electron chi connectivity index (χ2n) is 5.08. The van der Waals surface area contributed by atoms with E-state index >= 15 is 0 Å². The number of rotatable bonds is 6. The van der Waals surface area contributed by atoms with Gasteiger partial charge in [0, 0.05) is 12.1 Å². The number of nitrogens with zero attached hydrogens (tertiary/aromatic N) is 2. The van der Waals surface area contributed by atoms with Gasteiger partial charge >= 0.3 is 0 Å². The number of halogens is 2. The standard InChI is InChI=1S/C16H21F2N3/c1-4-8-19-16(13-10-12(17)6-7-14(13)18)15-9-11(3)20-21(15)5-2/h6-7,9-10,16,19H,4-5,8H2,1-3H3. The van der Waals surface area contributed by atoms with E-state index in [1.54, 1.807) is 0 Å². The van der Waals surface area contributed by atoms with Crippen LogP contribution in [0.25, 0.3) is 0 Å². The van der Waals surface area contributed by atoms with Gasteiger partial charge in [0.2, 0.25) is 0 Å². The Kier molecular flexibility index (Phi) is 5.07. The largest absolute Gasteiger partial charge is 0.305 e. The summed E-state index contributed by atoms with van der Waals surface area (Å²) in [5.74, 6) is -0.847. The van der Waals surface area contributed by atoms with E-state index in [1.807, 2.05) is 31.5 Å². The molecule has 1 heterocycles. The lowest BCUT2D eigenvalue weighted by atomic mass is 10.0. The lowest BCUT2D eigenvalue weighted by Crippen LogP contribution is -2.26. The summed E-state index contributed by atoms with van der Waals surface area (Å²) in [5.41, 5.74) is 2.04. The Hall–Kier alpha value is -1.75. The Morgan fingerprint density at radius 2 is 2.00 bits per heavy atom. The highest BCUT2D eigenvalue weighted by Gasteiger charge is 2.22. The van der Waals surface area contributed by atoms with Gasteiger partial charge in [-0.1, -0.05) is 6.92 Å². The molecular weight excluding hydrogens is 272 g/mol. The second kappa shape index (κ2) is 6.80. The minimum absolute atomic E-state index is 0.318. The first-order chi connectivity index (χ1) is 10.1. The van der Waals surface area contributed by atoms with Gasteiger partial charge in [0.25, 0.3) is 0 Å². The summed E-state index contributed by atoms with van der Waals surface area (Å²) in [6.45, 7) is 7.32. The Balaban J connectivity index is 2.49. The van der Waals surface area contributed by atoms with Crippen LogP contribution >= 0.6 is 0 Å². The molecule has 0 amide bonds. The second-order valence-corrected chi connectivity index (χ2v) is 5.08. The summed E-state index contributed by atoms with van der Waals surface area (Å²) in [6, 6.07) is 5.08. The van der Waals surface area contributed by atoms with Crippen LogP contribution in [0.15, 0.2) is 24.3 Å². The average Bonchev–Trinajstić information content (AvgIpc) is 2.84. The molecule has 1 unspecified atom stereocenters. The zero-order valence-electron chi connectivity index (χ0n) is 12.7. The zero-order chi connectivity index (χ0) is 15.4. The maximum absolute atomic E-state index is 14.1. The zero-order valence-corrected chi connectivity index (χ0v) is 12.7. The summed E-state index contributed by atoms with van der Waals surface area (Å²) in [7, 11) is 0. The van der Waals surface area contributed by atoms with Crippen LogP contribution in [-0.2, 0) is 6.54 Å². The van der Waals surface area contributed by atoms with Crippen molar-refractivity contribution in [2.75, 3.05) is 6.54 Å². The molecule has 0 aliphatic rings. The van der Waals surface area contributed by atoms with Gasteiger partial charge in [-0.25, -0.2) is 8.78 Å². The molecule has 114 valence electrons. The third kappa shape index (κ3) is 3.47. The SMILES string of the molecule is CCCNC(c1cc(F)ccc1F)c1cc(C)nn1CC. The summed E-state index contributed by atoms with van der Waals surface area (Å²) < 4.78 is 29.5. The Morgan fingerprint density at radius 3 is 2.67 bits per heavy atom. The van der Waals surface area contributed by atoms with Gasteiger partial charge in [0.1, 0.15) is 11.6 Å². The molecule has 0 saturated heterocycles. The van der Waals surface area contributed by atoms with Crippen LogP contribution in [-0.4, -0.2) is 16.3 Å². The van der Waals surface area contributed by atoms with Crippen LogP contribution in [0.3, 0.4) is 0 Å². The fraction of sp³-hybridized carbons (Fsp3) is 0.438. The van der Waals surface area contributed by atoms with Crippen LogP contribution in [0, 0.1) is 18.6 Å². The van der Waals surface area contributed by atoms with E-state index < -0.39 is 17.7 Å². The minimum Gasteiger partial charge on any atom is -0.305 e. The molecule has 1 aromatic heterocycles. The number of nitrogens with one attached hydrogen (secondary N) is 1. The third-order valence-electron chi connectivity index (χ3n) is 3.40. The van der Waals surface area contributed by atoms with Gasteiger partial charge in [-0.3, -0.25) is 4.68 Å². The monoisotopic (exact) mass is 293 g/mol. The summed E-state index contributed by atoms with van der Waals surface area (Å²) in [6.07, 6.45) is 0.909. The van der Waals surface area contributed by atoms with Crippen LogP contribution in [0.2, 0.25) is 0 Å². The summed E-state index contributed by atoms with van der Waals surface area (Å²) in [5, 5.41) is 7.69. The molecule has 0 spiro atoms. The van der Waals surface area contributed by atoms with Crippen molar-refractivity contribution in [1.29, 1.82) is 0 Å². The predicted octanol–water partition coefficient (Wildman–Crippen LogP) is 3.58. The van der Waals surface area contributed by atoms with Crippen LogP contribution in [0.1, 0.15) is 43.3 Å². The molecule has 1 aromatic carbocycles. The Labute approximate surface area is 124 Å². The fourth-order valence-corrected chi connectivity index (χ4v) is 2.45. The Bertz CT molecular complexity index is 608. The topological polar surface area (TPSA) is 29.9 Å². The lowest BCUT2D eigenvalue weighted by molar-refractivity contribution is 0.499. The first-order valence-corrected chi connectivity index (χ1v) is 7.29. The molecule has 1 atom stereocenters. The van der Waals surface area contributed by atoms with Crippen molar-refractivity contribution in [1.82, 2.24) is 15.1 Å². The van der Waals surface area contributed by atoms with Crippen LogP contribution < -0.4 is 5.32 Å². The van der Waals surface area contributed by atoms with Crippen molar-refractivity contribution >= 4 is 0 Å². The van der Waals surface area contributed by atoms with Gasteiger partial charge in [0.15, 0.2) is 0 Å². The van der Waals surface area contributed by atoms with Gasteiger partial charge in [0.05, 0.1) is 17.4 Å². The molecule has 0 aliphatic carbocycles. The van der Waals surface area contributed by atoms with E-state index in [1.165, 1.54) is 12.1 Å². The number of hydrogen-bond donors (Lipinski definition) is 1. The van der Waals surface area contributed by atoms with E-state index in [-0.39, 0.29) is 0 Å². The summed E-state index contributed by atoms with van der Waals surface area (Å²) >= 11 is 0. The molecule has 1 N–H and O–H groups in total. The van der Waals surface area contributed by atoms with E-state index in [0.717, 1.165) is 23.9 Å². The van der Waals surface area contributed by atoms with Crippen molar-refractivity contribution < 1.29 is 8.78 Å². The quantitative estimate of drug-likeness (QED) is 0.882. The lowest BCUT2D eigenvalue weighted by Gasteiger charge is -2.20. The normalized spacial score (nSPS) is 12.6. The number of aryl methyl sites for hydroxylation is 2. The number of aromatic nitrogens is 2. The van der Waals surface area contributed by atoms with E-state index in [2.05, 4.69) is 10.4 Å². The maximum atomic E-state index is 14.1. The average molecular weight is 293 g/mol. The van der Waals surface area contributed by atoms with Crippen molar-refractivity contribution in [2.45, 2.75) is 39.8 Å². The summed E-state index contributed by atoms with van der Waals surface area (Å²) in [4.78, 5) is 0. The molecule has 0 radical (unpaired) electrons. The van der Waals surface area contributed by atoms with Gasteiger partial charge in [-0.05, 0) is 51.1 Å². The van der Waals surface area contributed by atoms with E-state index in [4.69, 9.17) is 0 Å². The molecule has 0 saturated carbocycles. The maximum Gasteiger partial charge on any atom is 0.128 e. The van der Waals surface area contributed by atoms with Crippen LogP contribution in [0.4, 0.5) is 8.78 Å². The first-order valence-electron chi connectivity index (χ1n) is 7.29. The van der Waals surface area contributed by atoms with Crippen molar-refractivity contribution in [3.63, 3.8) is 0 Å². The molecule has 5 heteroatoms. The highest BCUT2D eigenvalue weighted by molar-refractivity contribution is 5.30. The fourth-order valence-electron chi connectivity index (χ4n) is 2.45. The highest BCUT2D eigenvalue weighted by Crippen LogP contribution is 2.26. The van der Waals surface area contributed by atoms with Crippen molar-refractivity contribution in [3.8, 4) is 0 Å². The van der Waals surface area contributed by atoms with Gasteiger partial charge < -0.3 is 5.32 Å². The number of benzene rings is 1. The molecule has 21 heavy (non-hydrogen) atoms. The number of hydrogen-bond acceptors (Lipinski definition) is 2. The van der Waals surface area contributed by atoms with E-state index in [9.17, 15) is 8.78 Å². The molecule has 0 aliphatic heterocycles. The Morgan fingerprint density at radius 1 is 1.24 bits per heavy atom. The van der Waals surface area contributed by atoms with Crippen molar-refractivity contribution in [2.24, 2.45) is 0 Å². The predicted molar refractivity (Wildman–Crippen MR) is 79.1 cm³/mol. The molecular formula is C16H21F2N3. The van der Waals surface area contributed by atoms with Gasteiger partial charge in [-0.15, -0.1) is 0 Å². The van der Waals surface area contributed by atoms with E-state index in [0.29, 0.717) is 18.7 Å². The molecule has 0 bridgehead atoms. The smallest absolute Gasteiger partial charge is 0.128 e. The van der Waals surface area contributed by atoms with Crippen molar-refractivity contribution in [3.05, 3.63) is 52.9 Å². The van der Waals surface area contributed by atoms with Crippen LogP contribution in [0.5, 0.6) is 0 Å². The molecule has 3 nitrogen and oxygen atoms in total. The first kappa shape index (κ1) is 15.6. The third-order valence-corrected chi connectivity index (χ3v) is 3.40. The minimum atomic E-state index is -0.436. The molecule has 2 aromatic rings. The molecule has 0 fully saturated rings.